The number of aliphatic carboxylic acids is 1. The van der Waals surface area contributed by atoms with Gasteiger partial charge in [-0.2, -0.15) is 0 Å². The highest BCUT2D eigenvalue weighted by molar-refractivity contribution is 8.03. The number of hydrogen-bond donors (Lipinski definition) is 2. The maximum Gasteiger partial charge on any atom is 0.342 e. The summed E-state index contributed by atoms with van der Waals surface area (Å²) < 4.78 is 10.5. The zero-order valence-corrected chi connectivity index (χ0v) is 15.5. The summed E-state index contributed by atoms with van der Waals surface area (Å²) >= 11 is 6.89. The highest BCUT2D eigenvalue weighted by Crippen LogP contribution is 2.33. The topological polar surface area (TPSA) is 106 Å². The van der Waals surface area contributed by atoms with Crippen LogP contribution in [0.5, 0.6) is 11.5 Å². The van der Waals surface area contributed by atoms with Crippen molar-refractivity contribution < 1.29 is 24.2 Å². The van der Waals surface area contributed by atoms with Gasteiger partial charge in [-0.1, -0.05) is 29.8 Å². The van der Waals surface area contributed by atoms with Gasteiger partial charge in [0, 0.05) is 0 Å². The molecule has 2 aromatic carbocycles. The lowest BCUT2D eigenvalue weighted by Gasteiger charge is -2.04. The fourth-order valence-electron chi connectivity index (χ4n) is 2.17. The molecular weight excluding hydrogens is 392 g/mol. The van der Waals surface area contributed by atoms with Gasteiger partial charge in [0.2, 0.25) is 5.89 Å². The Morgan fingerprint density at radius 2 is 2.04 bits per heavy atom. The predicted octanol–water partition coefficient (Wildman–Crippen LogP) is 4.32. The smallest absolute Gasteiger partial charge is 0.342 e. The molecule has 138 valence electrons. The number of carboxylic acids is 1. The van der Waals surface area contributed by atoms with Crippen molar-refractivity contribution in [3.05, 3.63) is 58.0 Å². The average Bonchev–Trinajstić information content (AvgIpc) is 3.10. The third-order valence-electron chi connectivity index (χ3n) is 3.42. The minimum atomic E-state index is -1.17. The van der Waals surface area contributed by atoms with Gasteiger partial charge in [-0.3, -0.25) is 0 Å². The number of aromatic nitrogens is 2. The van der Waals surface area contributed by atoms with E-state index in [4.69, 9.17) is 20.8 Å². The molecule has 7 nitrogen and oxygen atoms in total. The van der Waals surface area contributed by atoms with Gasteiger partial charge in [0.25, 0.3) is 5.22 Å². The first kappa shape index (κ1) is 18.8. The van der Waals surface area contributed by atoms with Crippen LogP contribution in [0.15, 0.2) is 57.0 Å². The van der Waals surface area contributed by atoms with E-state index in [-0.39, 0.29) is 27.5 Å². The van der Waals surface area contributed by atoms with Crippen molar-refractivity contribution in [2.24, 2.45) is 0 Å². The molecule has 0 radical (unpaired) electrons. The predicted molar refractivity (Wildman–Crippen MR) is 101 cm³/mol. The van der Waals surface area contributed by atoms with Crippen LogP contribution in [0.25, 0.3) is 17.5 Å². The van der Waals surface area contributed by atoms with E-state index in [9.17, 15) is 15.0 Å². The third-order valence-corrected chi connectivity index (χ3v) is 4.60. The Bertz CT molecular complexity index is 1020. The third kappa shape index (κ3) is 4.42. The number of nitrogens with zero attached hydrogens (tertiary/aromatic N) is 2. The summed E-state index contributed by atoms with van der Waals surface area (Å²) in [4.78, 5) is 11.5. The summed E-state index contributed by atoms with van der Waals surface area (Å²) in [6, 6.07) is 11.5. The Hall–Kier alpha value is -2.97. The van der Waals surface area contributed by atoms with Crippen molar-refractivity contribution in [3.63, 3.8) is 0 Å². The first-order valence-electron chi connectivity index (χ1n) is 7.56. The number of methoxy groups -OCH3 is 1. The van der Waals surface area contributed by atoms with E-state index in [0.29, 0.717) is 16.1 Å². The molecule has 9 heteroatoms. The summed E-state index contributed by atoms with van der Waals surface area (Å²) in [6.07, 6.45) is 1.38. The number of aromatic hydroxyl groups is 1. The minimum absolute atomic E-state index is 0.0521. The number of carboxylic acid groups (broad SMARTS) is 1. The summed E-state index contributed by atoms with van der Waals surface area (Å²) in [6.45, 7) is 0. The Kier molecular flexibility index (Phi) is 5.68. The fourth-order valence-corrected chi connectivity index (χ4v) is 3.06. The molecule has 0 aliphatic rings. The molecular formula is C18H13ClN2O5S. The van der Waals surface area contributed by atoms with Crippen LogP contribution < -0.4 is 4.74 Å². The number of phenolic OH excluding ortho intramolecular Hbond substituents is 1. The monoisotopic (exact) mass is 404 g/mol. The van der Waals surface area contributed by atoms with Crippen molar-refractivity contribution in [3.8, 4) is 23.0 Å². The molecule has 0 atom stereocenters. The molecule has 0 spiro atoms. The highest BCUT2D eigenvalue weighted by atomic mass is 35.5. The second-order valence-electron chi connectivity index (χ2n) is 5.20. The molecule has 0 unspecified atom stereocenters. The molecule has 1 heterocycles. The Morgan fingerprint density at radius 1 is 1.26 bits per heavy atom. The Morgan fingerprint density at radius 3 is 2.70 bits per heavy atom. The van der Waals surface area contributed by atoms with Crippen molar-refractivity contribution in [1.29, 1.82) is 0 Å². The van der Waals surface area contributed by atoms with Gasteiger partial charge in [0.05, 0.1) is 17.7 Å². The average molecular weight is 405 g/mol. The molecule has 0 saturated carbocycles. The maximum atomic E-state index is 11.6. The van der Waals surface area contributed by atoms with Crippen LogP contribution in [0, 0.1) is 0 Å². The van der Waals surface area contributed by atoms with Crippen molar-refractivity contribution in [2.75, 3.05) is 7.11 Å². The molecule has 0 aliphatic carbocycles. The van der Waals surface area contributed by atoms with Gasteiger partial charge in [0.15, 0.2) is 11.5 Å². The van der Waals surface area contributed by atoms with Crippen LogP contribution in [0.3, 0.4) is 0 Å². The molecule has 27 heavy (non-hydrogen) atoms. The van der Waals surface area contributed by atoms with Crippen LogP contribution in [-0.4, -0.2) is 33.5 Å². The van der Waals surface area contributed by atoms with E-state index >= 15 is 0 Å². The van der Waals surface area contributed by atoms with Crippen LogP contribution in [0.2, 0.25) is 5.02 Å². The molecule has 2 N–H and O–H groups in total. The Labute approximate surface area is 163 Å². The van der Waals surface area contributed by atoms with Crippen molar-refractivity contribution >= 4 is 35.4 Å². The fraction of sp³-hybridized carbons (Fsp3) is 0.0556. The van der Waals surface area contributed by atoms with Crippen LogP contribution in [0.1, 0.15) is 5.56 Å². The SMILES string of the molecule is COc1ccc(/C=C(/Sc2nnc(-c3ccccc3Cl)o2)C(=O)O)cc1O. The summed E-state index contributed by atoms with van der Waals surface area (Å²) in [5, 5.41) is 27.5. The van der Waals surface area contributed by atoms with Crippen LogP contribution in [0.4, 0.5) is 0 Å². The van der Waals surface area contributed by atoms with E-state index in [0.717, 1.165) is 11.8 Å². The largest absolute Gasteiger partial charge is 0.504 e. The second-order valence-corrected chi connectivity index (χ2v) is 6.60. The van der Waals surface area contributed by atoms with Crippen LogP contribution in [-0.2, 0) is 4.79 Å². The number of thioether (sulfide) groups is 1. The molecule has 3 aromatic rings. The summed E-state index contributed by atoms with van der Waals surface area (Å²) in [5.41, 5.74) is 1.03. The minimum Gasteiger partial charge on any atom is -0.504 e. The number of ether oxygens (including phenoxy) is 1. The summed E-state index contributed by atoms with van der Waals surface area (Å²) in [7, 11) is 1.43. The number of hydrogen-bond acceptors (Lipinski definition) is 7. The number of rotatable bonds is 6. The van der Waals surface area contributed by atoms with E-state index in [2.05, 4.69) is 10.2 Å². The molecule has 3 rings (SSSR count). The van der Waals surface area contributed by atoms with E-state index in [1.807, 2.05) is 0 Å². The van der Waals surface area contributed by atoms with Gasteiger partial charge >= 0.3 is 5.97 Å². The van der Waals surface area contributed by atoms with Crippen LogP contribution >= 0.6 is 23.4 Å². The second kappa shape index (κ2) is 8.15. The van der Waals surface area contributed by atoms with Gasteiger partial charge in [-0.15, -0.1) is 10.2 Å². The van der Waals surface area contributed by atoms with Gasteiger partial charge in [0.1, 0.15) is 4.91 Å². The standard InChI is InChI=1S/C18H13ClN2O5S/c1-25-14-7-6-10(8-13(14)22)9-15(17(23)24)27-18-21-20-16(26-18)11-4-2-3-5-12(11)19/h2-9,22H,1H3,(H,23,24)/b15-9+. The number of halogens is 1. The van der Waals surface area contributed by atoms with Crippen molar-refractivity contribution in [2.45, 2.75) is 5.22 Å². The lowest BCUT2D eigenvalue weighted by molar-refractivity contribution is -0.131. The lowest BCUT2D eigenvalue weighted by atomic mass is 10.2. The van der Waals surface area contributed by atoms with E-state index in [1.165, 1.54) is 25.3 Å². The molecule has 0 amide bonds. The summed E-state index contributed by atoms with van der Waals surface area (Å²) in [5.74, 6) is -0.791. The Balaban J connectivity index is 1.86. The normalized spacial score (nSPS) is 11.4. The highest BCUT2D eigenvalue weighted by Gasteiger charge is 2.17. The number of benzene rings is 2. The van der Waals surface area contributed by atoms with E-state index in [1.54, 1.807) is 30.3 Å². The maximum absolute atomic E-state index is 11.6. The number of carbonyl (C=O) groups is 1. The van der Waals surface area contributed by atoms with Gasteiger partial charge < -0.3 is 19.4 Å². The lowest BCUT2D eigenvalue weighted by Crippen LogP contribution is -1.96. The zero-order valence-electron chi connectivity index (χ0n) is 13.9. The van der Waals surface area contributed by atoms with Gasteiger partial charge in [-0.25, -0.2) is 4.79 Å². The van der Waals surface area contributed by atoms with E-state index < -0.39 is 5.97 Å². The molecule has 0 bridgehead atoms. The molecule has 1 aromatic heterocycles. The molecule has 0 saturated heterocycles. The molecule has 0 aliphatic heterocycles. The first-order chi connectivity index (χ1) is 13.0. The first-order valence-corrected chi connectivity index (χ1v) is 8.75. The number of phenols is 1. The quantitative estimate of drug-likeness (QED) is 0.462. The molecule has 0 fully saturated rings. The van der Waals surface area contributed by atoms with Gasteiger partial charge in [-0.05, 0) is 47.7 Å². The van der Waals surface area contributed by atoms with Crippen molar-refractivity contribution in [1.82, 2.24) is 10.2 Å². The zero-order chi connectivity index (χ0) is 19.4.